The van der Waals surface area contributed by atoms with Crippen molar-refractivity contribution in [2.75, 3.05) is 25.0 Å². The number of rotatable bonds is 6. The maximum atomic E-state index is 12.0. The molecule has 21 heavy (non-hydrogen) atoms. The molecule has 1 aromatic carbocycles. The largest absolute Gasteiger partial charge is 0.384 e. The predicted octanol–water partition coefficient (Wildman–Crippen LogP) is 3.56. The van der Waals surface area contributed by atoms with Crippen LogP contribution in [0, 0.1) is 0 Å². The third kappa shape index (κ3) is 3.85. The summed E-state index contributed by atoms with van der Waals surface area (Å²) in [5, 5.41) is 4.99. The van der Waals surface area contributed by atoms with Crippen LogP contribution in [0.2, 0.25) is 5.02 Å². The summed E-state index contributed by atoms with van der Waals surface area (Å²) in [7, 11) is 0. The molecule has 0 bridgehead atoms. The highest BCUT2D eigenvalue weighted by Gasteiger charge is 2.09. The van der Waals surface area contributed by atoms with Gasteiger partial charge in [0.1, 0.15) is 0 Å². The minimum Gasteiger partial charge on any atom is -0.384 e. The van der Waals surface area contributed by atoms with E-state index in [2.05, 4.69) is 10.3 Å². The highest BCUT2D eigenvalue weighted by atomic mass is 35.5. The standard InChI is InChI=1S/C16H20ClN3O/c1-3-20(4-2)16(21)8-10-18-14-7-9-19-15-11-12(17)5-6-13(14)15/h5-7,9,11H,3-4,8,10H2,1-2H3,(H,18,19). The summed E-state index contributed by atoms with van der Waals surface area (Å²) in [6, 6.07) is 7.54. The molecular formula is C16H20ClN3O. The molecule has 5 heteroatoms. The smallest absolute Gasteiger partial charge is 0.224 e. The number of anilines is 1. The van der Waals surface area contributed by atoms with E-state index in [1.54, 1.807) is 6.20 Å². The lowest BCUT2D eigenvalue weighted by Crippen LogP contribution is -2.31. The molecule has 0 spiro atoms. The lowest BCUT2D eigenvalue weighted by molar-refractivity contribution is -0.130. The molecule has 0 unspecified atom stereocenters. The Kier molecular flexibility index (Phi) is 5.39. The molecule has 1 heterocycles. The Balaban J connectivity index is 2.02. The number of halogens is 1. The number of pyridine rings is 1. The van der Waals surface area contributed by atoms with Crippen LogP contribution in [-0.2, 0) is 4.79 Å². The van der Waals surface area contributed by atoms with Crippen LogP contribution in [0.25, 0.3) is 10.9 Å². The van der Waals surface area contributed by atoms with Crippen molar-refractivity contribution in [1.29, 1.82) is 0 Å². The molecule has 2 aromatic rings. The van der Waals surface area contributed by atoms with Crippen molar-refractivity contribution in [3.63, 3.8) is 0 Å². The number of benzene rings is 1. The van der Waals surface area contributed by atoms with Gasteiger partial charge < -0.3 is 10.2 Å². The average Bonchev–Trinajstić information content (AvgIpc) is 2.48. The Morgan fingerprint density at radius 3 is 2.76 bits per heavy atom. The van der Waals surface area contributed by atoms with E-state index >= 15 is 0 Å². The normalized spacial score (nSPS) is 10.6. The van der Waals surface area contributed by atoms with Crippen LogP contribution in [0.4, 0.5) is 5.69 Å². The molecule has 1 amide bonds. The first-order valence-corrected chi connectivity index (χ1v) is 7.59. The highest BCUT2D eigenvalue weighted by Crippen LogP contribution is 2.24. The second-order valence-electron chi connectivity index (χ2n) is 4.76. The number of nitrogens with one attached hydrogen (secondary N) is 1. The molecule has 1 aromatic heterocycles. The number of aromatic nitrogens is 1. The summed E-state index contributed by atoms with van der Waals surface area (Å²) in [6.07, 6.45) is 2.23. The van der Waals surface area contributed by atoms with Crippen LogP contribution in [0.15, 0.2) is 30.5 Å². The van der Waals surface area contributed by atoms with Gasteiger partial charge in [-0.15, -0.1) is 0 Å². The molecule has 112 valence electrons. The van der Waals surface area contributed by atoms with Crippen molar-refractivity contribution < 1.29 is 4.79 Å². The van der Waals surface area contributed by atoms with E-state index in [4.69, 9.17) is 11.6 Å². The number of fused-ring (bicyclic) bond motifs is 1. The summed E-state index contributed by atoms with van der Waals surface area (Å²) in [5.41, 5.74) is 1.83. The first-order valence-electron chi connectivity index (χ1n) is 7.21. The monoisotopic (exact) mass is 305 g/mol. The van der Waals surface area contributed by atoms with Gasteiger partial charge >= 0.3 is 0 Å². The zero-order valence-corrected chi connectivity index (χ0v) is 13.2. The van der Waals surface area contributed by atoms with Crippen molar-refractivity contribution in [3.05, 3.63) is 35.5 Å². The SMILES string of the molecule is CCN(CC)C(=O)CCNc1ccnc2cc(Cl)ccc12. The zero-order chi connectivity index (χ0) is 15.2. The zero-order valence-electron chi connectivity index (χ0n) is 12.4. The van der Waals surface area contributed by atoms with E-state index in [1.165, 1.54) is 0 Å². The van der Waals surface area contributed by atoms with Gasteiger partial charge in [0.2, 0.25) is 5.91 Å². The molecule has 1 N–H and O–H groups in total. The van der Waals surface area contributed by atoms with Crippen molar-refractivity contribution in [2.45, 2.75) is 20.3 Å². The predicted molar refractivity (Wildman–Crippen MR) is 87.8 cm³/mol. The van der Waals surface area contributed by atoms with Gasteiger partial charge in [0, 0.05) is 48.3 Å². The second kappa shape index (κ2) is 7.27. The summed E-state index contributed by atoms with van der Waals surface area (Å²) in [4.78, 5) is 18.1. The molecule has 0 fully saturated rings. The fraction of sp³-hybridized carbons (Fsp3) is 0.375. The first-order chi connectivity index (χ1) is 10.2. The van der Waals surface area contributed by atoms with Crippen molar-refractivity contribution in [3.8, 4) is 0 Å². The van der Waals surface area contributed by atoms with Crippen LogP contribution in [0.3, 0.4) is 0 Å². The van der Waals surface area contributed by atoms with Crippen molar-refractivity contribution in [2.24, 2.45) is 0 Å². The molecule has 0 aliphatic heterocycles. The molecule has 0 aliphatic carbocycles. The molecule has 0 saturated carbocycles. The maximum Gasteiger partial charge on any atom is 0.224 e. The number of hydrogen-bond donors (Lipinski definition) is 1. The molecule has 0 atom stereocenters. The van der Waals surface area contributed by atoms with E-state index in [0.29, 0.717) is 18.0 Å². The summed E-state index contributed by atoms with van der Waals surface area (Å²) in [6.45, 7) is 6.11. The lowest BCUT2D eigenvalue weighted by atomic mass is 10.2. The summed E-state index contributed by atoms with van der Waals surface area (Å²) >= 11 is 5.97. The summed E-state index contributed by atoms with van der Waals surface area (Å²) in [5.74, 6) is 0.175. The van der Waals surface area contributed by atoms with Crippen molar-refractivity contribution in [1.82, 2.24) is 9.88 Å². The first kappa shape index (κ1) is 15.6. The van der Waals surface area contributed by atoms with E-state index in [1.807, 2.05) is 43.0 Å². The maximum absolute atomic E-state index is 12.0. The van der Waals surface area contributed by atoms with Gasteiger partial charge in [-0.1, -0.05) is 11.6 Å². The van der Waals surface area contributed by atoms with Crippen LogP contribution in [-0.4, -0.2) is 35.4 Å². The van der Waals surface area contributed by atoms with E-state index in [-0.39, 0.29) is 5.91 Å². The van der Waals surface area contributed by atoms with E-state index in [0.717, 1.165) is 29.7 Å². The third-order valence-corrected chi connectivity index (χ3v) is 3.71. The number of carbonyl (C=O) groups excluding carboxylic acids is 1. The van der Waals surface area contributed by atoms with Gasteiger partial charge in [-0.2, -0.15) is 0 Å². The van der Waals surface area contributed by atoms with Gasteiger partial charge in [-0.3, -0.25) is 9.78 Å². The van der Waals surface area contributed by atoms with Crippen LogP contribution < -0.4 is 5.32 Å². The highest BCUT2D eigenvalue weighted by molar-refractivity contribution is 6.31. The average molecular weight is 306 g/mol. The number of nitrogens with zero attached hydrogens (tertiary/aromatic N) is 2. The van der Waals surface area contributed by atoms with Gasteiger partial charge in [0.25, 0.3) is 0 Å². The van der Waals surface area contributed by atoms with Crippen LogP contribution in [0.5, 0.6) is 0 Å². The Labute approximate surface area is 130 Å². The quantitative estimate of drug-likeness (QED) is 0.887. The Bertz CT molecular complexity index is 626. The molecule has 4 nitrogen and oxygen atoms in total. The van der Waals surface area contributed by atoms with Gasteiger partial charge in [-0.05, 0) is 38.1 Å². The fourth-order valence-corrected chi connectivity index (χ4v) is 2.48. The Morgan fingerprint density at radius 1 is 1.29 bits per heavy atom. The number of hydrogen-bond acceptors (Lipinski definition) is 3. The summed E-state index contributed by atoms with van der Waals surface area (Å²) < 4.78 is 0. The Hall–Kier alpha value is -1.81. The van der Waals surface area contributed by atoms with Crippen LogP contribution >= 0.6 is 11.6 Å². The molecule has 2 rings (SSSR count). The third-order valence-electron chi connectivity index (χ3n) is 3.48. The van der Waals surface area contributed by atoms with Crippen LogP contribution in [0.1, 0.15) is 20.3 Å². The topological polar surface area (TPSA) is 45.2 Å². The van der Waals surface area contributed by atoms with E-state index < -0.39 is 0 Å². The van der Waals surface area contributed by atoms with Gasteiger partial charge in [0.15, 0.2) is 0 Å². The molecule has 0 saturated heterocycles. The number of amides is 1. The van der Waals surface area contributed by atoms with Gasteiger partial charge in [-0.25, -0.2) is 0 Å². The second-order valence-corrected chi connectivity index (χ2v) is 5.20. The minimum absolute atomic E-state index is 0.175. The molecule has 0 aliphatic rings. The van der Waals surface area contributed by atoms with E-state index in [9.17, 15) is 4.79 Å². The number of carbonyl (C=O) groups is 1. The molecule has 0 radical (unpaired) electrons. The Morgan fingerprint density at radius 2 is 2.05 bits per heavy atom. The fourth-order valence-electron chi connectivity index (χ4n) is 2.31. The molecular weight excluding hydrogens is 286 g/mol. The minimum atomic E-state index is 0.175. The van der Waals surface area contributed by atoms with Crippen molar-refractivity contribution >= 4 is 34.1 Å². The lowest BCUT2D eigenvalue weighted by Gasteiger charge is -2.18. The van der Waals surface area contributed by atoms with Gasteiger partial charge in [0.05, 0.1) is 5.52 Å².